The number of likely N-dealkylation sites (tertiary alicyclic amines) is 1. The number of benzene rings is 1. The van der Waals surface area contributed by atoms with Gasteiger partial charge in [0, 0.05) is 18.6 Å². The van der Waals surface area contributed by atoms with Crippen LogP contribution in [0.4, 0.5) is 0 Å². The Balaban J connectivity index is 1.80. The molecule has 1 aromatic rings. The maximum Gasteiger partial charge on any atom is 0.0208 e. The Morgan fingerprint density at radius 1 is 1.26 bits per heavy atom. The SMILES string of the molecule is Cc1cccc(CNC2CCCN(C(C)C)CC2)c1. The van der Waals surface area contributed by atoms with Crippen LogP contribution >= 0.6 is 0 Å². The van der Waals surface area contributed by atoms with Crippen LogP contribution in [0.2, 0.25) is 0 Å². The van der Waals surface area contributed by atoms with Gasteiger partial charge in [-0.3, -0.25) is 0 Å². The fourth-order valence-corrected chi connectivity index (χ4v) is 2.92. The summed E-state index contributed by atoms with van der Waals surface area (Å²) in [5.74, 6) is 0. The molecule has 2 heteroatoms. The number of hydrogen-bond donors (Lipinski definition) is 1. The molecule has 1 aromatic carbocycles. The lowest BCUT2D eigenvalue weighted by atomic mass is 10.1. The van der Waals surface area contributed by atoms with Crippen molar-refractivity contribution in [3.8, 4) is 0 Å². The Morgan fingerprint density at radius 2 is 2.11 bits per heavy atom. The van der Waals surface area contributed by atoms with E-state index in [4.69, 9.17) is 0 Å². The number of hydrogen-bond acceptors (Lipinski definition) is 2. The third kappa shape index (κ3) is 4.63. The van der Waals surface area contributed by atoms with Gasteiger partial charge in [0.15, 0.2) is 0 Å². The second-order valence-corrected chi connectivity index (χ2v) is 6.13. The molecule has 1 aliphatic heterocycles. The molecule has 0 spiro atoms. The second-order valence-electron chi connectivity index (χ2n) is 6.13. The van der Waals surface area contributed by atoms with E-state index in [0.29, 0.717) is 12.1 Å². The molecule has 106 valence electrons. The second kappa shape index (κ2) is 7.06. The Morgan fingerprint density at radius 3 is 2.84 bits per heavy atom. The Hall–Kier alpha value is -0.860. The molecule has 0 aromatic heterocycles. The van der Waals surface area contributed by atoms with Gasteiger partial charge in [-0.25, -0.2) is 0 Å². The fraction of sp³-hybridized carbons (Fsp3) is 0.647. The standard InChI is InChI=1S/C17H28N2/c1-14(2)19-10-5-8-17(9-11-19)18-13-16-7-4-6-15(3)12-16/h4,6-7,12,14,17-18H,5,8-11,13H2,1-3H3. The Bertz CT molecular complexity index is 387. The molecular formula is C17H28N2. The van der Waals surface area contributed by atoms with Crippen molar-refractivity contribution in [3.63, 3.8) is 0 Å². The molecule has 2 rings (SSSR count). The third-order valence-corrected chi connectivity index (χ3v) is 4.17. The van der Waals surface area contributed by atoms with Gasteiger partial charge < -0.3 is 10.2 Å². The van der Waals surface area contributed by atoms with Crippen LogP contribution in [0.3, 0.4) is 0 Å². The highest BCUT2D eigenvalue weighted by molar-refractivity contribution is 5.22. The van der Waals surface area contributed by atoms with Crippen LogP contribution < -0.4 is 5.32 Å². The molecule has 0 aliphatic carbocycles. The summed E-state index contributed by atoms with van der Waals surface area (Å²) >= 11 is 0. The van der Waals surface area contributed by atoms with Crippen molar-refractivity contribution in [2.75, 3.05) is 13.1 Å². The highest BCUT2D eigenvalue weighted by Gasteiger charge is 2.17. The maximum atomic E-state index is 3.74. The summed E-state index contributed by atoms with van der Waals surface area (Å²) in [7, 11) is 0. The molecular weight excluding hydrogens is 232 g/mol. The molecule has 1 saturated heterocycles. The first kappa shape index (κ1) is 14.5. The average Bonchev–Trinajstić information content (AvgIpc) is 2.62. The van der Waals surface area contributed by atoms with Gasteiger partial charge in [-0.15, -0.1) is 0 Å². The lowest BCUT2D eigenvalue weighted by Crippen LogP contribution is -2.33. The lowest BCUT2D eigenvalue weighted by Gasteiger charge is -2.24. The van der Waals surface area contributed by atoms with Gasteiger partial charge in [-0.2, -0.15) is 0 Å². The minimum atomic E-state index is 0.685. The molecule has 1 N–H and O–H groups in total. The molecule has 19 heavy (non-hydrogen) atoms. The zero-order valence-electron chi connectivity index (χ0n) is 12.7. The van der Waals surface area contributed by atoms with E-state index in [1.54, 1.807) is 0 Å². The predicted octanol–water partition coefficient (Wildman–Crippen LogP) is 3.35. The predicted molar refractivity (Wildman–Crippen MR) is 82.4 cm³/mol. The summed E-state index contributed by atoms with van der Waals surface area (Å²) in [4.78, 5) is 2.61. The number of rotatable bonds is 4. The van der Waals surface area contributed by atoms with E-state index in [1.807, 2.05) is 0 Å². The number of nitrogens with one attached hydrogen (secondary N) is 1. The van der Waals surface area contributed by atoms with E-state index in [2.05, 4.69) is 55.3 Å². The quantitative estimate of drug-likeness (QED) is 0.893. The maximum absolute atomic E-state index is 3.74. The number of aryl methyl sites for hydroxylation is 1. The highest BCUT2D eigenvalue weighted by Crippen LogP contribution is 2.14. The van der Waals surface area contributed by atoms with Crippen LogP contribution in [0.25, 0.3) is 0 Å². The summed E-state index contributed by atoms with van der Waals surface area (Å²) in [6.45, 7) is 10.3. The topological polar surface area (TPSA) is 15.3 Å². The van der Waals surface area contributed by atoms with Crippen molar-refractivity contribution in [1.82, 2.24) is 10.2 Å². The van der Waals surface area contributed by atoms with Crippen molar-refractivity contribution in [2.45, 2.75) is 58.7 Å². The molecule has 1 unspecified atom stereocenters. The van der Waals surface area contributed by atoms with E-state index >= 15 is 0 Å². The van der Waals surface area contributed by atoms with Gasteiger partial charge in [0.2, 0.25) is 0 Å². The molecule has 1 heterocycles. The first-order valence-electron chi connectivity index (χ1n) is 7.68. The van der Waals surface area contributed by atoms with Crippen LogP contribution in [0.15, 0.2) is 24.3 Å². The largest absolute Gasteiger partial charge is 0.310 e. The molecule has 0 amide bonds. The first-order chi connectivity index (χ1) is 9.15. The summed E-state index contributed by atoms with van der Waals surface area (Å²) in [6, 6.07) is 10.2. The van der Waals surface area contributed by atoms with Gasteiger partial charge in [0.25, 0.3) is 0 Å². The highest BCUT2D eigenvalue weighted by atomic mass is 15.1. The van der Waals surface area contributed by atoms with Crippen molar-refractivity contribution in [2.24, 2.45) is 0 Å². The Labute approximate surface area is 118 Å². The van der Waals surface area contributed by atoms with Crippen molar-refractivity contribution >= 4 is 0 Å². The smallest absolute Gasteiger partial charge is 0.0208 e. The van der Waals surface area contributed by atoms with Crippen LogP contribution in [0, 0.1) is 6.92 Å². The number of nitrogens with zero attached hydrogens (tertiary/aromatic N) is 1. The van der Waals surface area contributed by atoms with Crippen LogP contribution in [-0.2, 0) is 6.54 Å². The first-order valence-corrected chi connectivity index (χ1v) is 7.68. The summed E-state index contributed by atoms with van der Waals surface area (Å²) < 4.78 is 0. The zero-order valence-corrected chi connectivity index (χ0v) is 12.7. The van der Waals surface area contributed by atoms with Crippen LogP contribution in [-0.4, -0.2) is 30.1 Å². The summed E-state index contributed by atoms with van der Waals surface area (Å²) in [6.07, 6.45) is 3.92. The minimum Gasteiger partial charge on any atom is -0.310 e. The van der Waals surface area contributed by atoms with Crippen molar-refractivity contribution in [1.29, 1.82) is 0 Å². The van der Waals surface area contributed by atoms with E-state index < -0.39 is 0 Å². The fourth-order valence-electron chi connectivity index (χ4n) is 2.92. The third-order valence-electron chi connectivity index (χ3n) is 4.17. The average molecular weight is 260 g/mol. The van der Waals surface area contributed by atoms with E-state index in [9.17, 15) is 0 Å². The van der Waals surface area contributed by atoms with Gasteiger partial charge >= 0.3 is 0 Å². The van der Waals surface area contributed by atoms with Gasteiger partial charge in [-0.05, 0) is 58.7 Å². The van der Waals surface area contributed by atoms with Gasteiger partial charge in [-0.1, -0.05) is 29.8 Å². The Kier molecular flexibility index (Phi) is 5.41. The van der Waals surface area contributed by atoms with Crippen LogP contribution in [0.5, 0.6) is 0 Å². The molecule has 0 radical (unpaired) electrons. The van der Waals surface area contributed by atoms with Crippen molar-refractivity contribution < 1.29 is 0 Å². The molecule has 1 atom stereocenters. The molecule has 1 fully saturated rings. The molecule has 0 bridgehead atoms. The van der Waals surface area contributed by atoms with Gasteiger partial charge in [0.1, 0.15) is 0 Å². The van der Waals surface area contributed by atoms with Gasteiger partial charge in [0.05, 0.1) is 0 Å². The summed E-state index contributed by atoms with van der Waals surface area (Å²) in [5, 5.41) is 3.74. The molecule has 2 nitrogen and oxygen atoms in total. The zero-order chi connectivity index (χ0) is 13.7. The lowest BCUT2D eigenvalue weighted by molar-refractivity contribution is 0.229. The minimum absolute atomic E-state index is 0.685. The summed E-state index contributed by atoms with van der Waals surface area (Å²) in [5.41, 5.74) is 2.76. The van der Waals surface area contributed by atoms with E-state index in [0.717, 1.165) is 6.54 Å². The van der Waals surface area contributed by atoms with E-state index in [1.165, 1.54) is 43.5 Å². The van der Waals surface area contributed by atoms with E-state index in [-0.39, 0.29) is 0 Å². The normalized spacial score (nSPS) is 21.6. The molecule has 0 saturated carbocycles. The van der Waals surface area contributed by atoms with Crippen LogP contribution in [0.1, 0.15) is 44.2 Å². The monoisotopic (exact) mass is 260 g/mol. The molecule has 1 aliphatic rings. The van der Waals surface area contributed by atoms with Crippen molar-refractivity contribution in [3.05, 3.63) is 35.4 Å².